The van der Waals surface area contributed by atoms with Crippen LogP contribution < -0.4 is 0 Å². The Bertz CT molecular complexity index is 621. The van der Waals surface area contributed by atoms with Gasteiger partial charge in [-0.1, -0.05) is 37.6 Å². The van der Waals surface area contributed by atoms with E-state index in [0.717, 1.165) is 56.4 Å². The van der Waals surface area contributed by atoms with Gasteiger partial charge in [0.25, 0.3) is 0 Å². The van der Waals surface area contributed by atoms with Crippen LogP contribution in [0.25, 0.3) is 0 Å². The van der Waals surface area contributed by atoms with Gasteiger partial charge in [0.15, 0.2) is 0 Å². The Morgan fingerprint density at radius 1 is 1.07 bits per heavy atom. The quantitative estimate of drug-likeness (QED) is 0.725. The highest BCUT2D eigenvalue weighted by molar-refractivity contribution is 6.30. The van der Waals surface area contributed by atoms with E-state index >= 15 is 0 Å². The number of hydrogen-bond donors (Lipinski definition) is 0. The molecule has 1 aromatic carbocycles. The Morgan fingerprint density at radius 2 is 1.64 bits per heavy atom. The van der Waals surface area contributed by atoms with Gasteiger partial charge in [0, 0.05) is 57.9 Å². The number of benzene rings is 1. The van der Waals surface area contributed by atoms with Gasteiger partial charge in [0.05, 0.1) is 12.6 Å². The number of carbonyl (C=O) groups is 1. The molecule has 5 nitrogen and oxygen atoms in total. The zero-order valence-corrected chi connectivity index (χ0v) is 18.2. The van der Waals surface area contributed by atoms with Crippen LogP contribution in [0.3, 0.4) is 0 Å². The van der Waals surface area contributed by atoms with Crippen molar-refractivity contribution in [2.75, 3.05) is 59.5 Å². The smallest absolute Gasteiger partial charge is 0.236 e. The highest BCUT2D eigenvalue weighted by Crippen LogP contribution is 2.22. The average molecular weight is 408 g/mol. The standard InChI is InChI=1S/C22H34ClN3O2/c1-17-12-18(2)14-26(13-17)22(27)16-25-10-8-24(9-11-25)15-21(28-3)19-4-6-20(23)7-5-19/h4-7,17-18,21H,8-16H2,1-3H3/t17-,18-,21-/m1/s1. The first-order chi connectivity index (χ1) is 13.4. The van der Waals surface area contributed by atoms with Gasteiger partial charge in [0.1, 0.15) is 0 Å². The molecule has 1 aromatic rings. The molecule has 2 heterocycles. The summed E-state index contributed by atoms with van der Waals surface area (Å²) in [7, 11) is 1.76. The number of likely N-dealkylation sites (tertiary alicyclic amines) is 1. The number of piperidine rings is 1. The Labute approximate surface area is 174 Å². The molecule has 0 saturated carbocycles. The van der Waals surface area contributed by atoms with Crippen LogP contribution in [-0.4, -0.2) is 80.1 Å². The third kappa shape index (κ3) is 5.93. The van der Waals surface area contributed by atoms with Gasteiger partial charge in [-0.3, -0.25) is 14.6 Å². The second-order valence-electron chi connectivity index (χ2n) is 8.60. The molecule has 28 heavy (non-hydrogen) atoms. The number of nitrogens with zero attached hydrogens (tertiary/aromatic N) is 3. The zero-order chi connectivity index (χ0) is 20.1. The third-order valence-corrected chi connectivity index (χ3v) is 6.25. The molecule has 0 aromatic heterocycles. The lowest BCUT2D eigenvalue weighted by molar-refractivity contribution is -0.135. The minimum atomic E-state index is 0.0433. The van der Waals surface area contributed by atoms with Crippen LogP contribution in [0, 0.1) is 11.8 Å². The SMILES string of the molecule is CO[C@H](CN1CCN(CC(=O)N2C[C@H](C)C[C@@H](C)C2)CC1)c1ccc(Cl)cc1. The van der Waals surface area contributed by atoms with Crippen LogP contribution in [0.4, 0.5) is 0 Å². The number of rotatable bonds is 6. The molecule has 3 atom stereocenters. The summed E-state index contributed by atoms with van der Waals surface area (Å²) in [6, 6.07) is 7.89. The molecule has 0 N–H and O–H groups in total. The first-order valence-electron chi connectivity index (χ1n) is 10.5. The summed E-state index contributed by atoms with van der Waals surface area (Å²) in [6.07, 6.45) is 1.28. The van der Waals surface area contributed by atoms with E-state index in [9.17, 15) is 4.79 Å². The molecular weight excluding hydrogens is 374 g/mol. The Hall–Kier alpha value is -1.14. The summed E-state index contributed by atoms with van der Waals surface area (Å²) >= 11 is 5.99. The highest BCUT2D eigenvalue weighted by atomic mass is 35.5. The Kier molecular flexibility index (Phi) is 7.75. The molecule has 2 saturated heterocycles. The number of ether oxygens (including phenoxy) is 1. The summed E-state index contributed by atoms with van der Waals surface area (Å²) in [5.41, 5.74) is 1.15. The lowest BCUT2D eigenvalue weighted by Gasteiger charge is -2.39. The number of carbonyl (C=O) groups excluding carboxylic acids is 1. The van der Waals surface area contributed by atoms with Crippen molar-refractivity contribution >= 4 is 17.5 Å². The molecular formula is C22H34ClN3O2. The number of hydrogen-bond acceptors (Lipinski definition) is 4. The summed E-state index contributed by atoms with van der Waals surface area (Å²) < 4.78 is 5.71. The van der Waals surface area contributed by atoms with Crippen molar-refractivity contribution in [3.8, 4) is 0 Å². The minimum Gasteiger partial charge on any atom is -0.375 e. The second kappa shape index (κ2) is 10.1. The second-order valence-corrected chi connectivity index (χ2v) is 9.03. The number of amides is 1. The van der Waals surface area contributed by atoms with E-state index in [0.29, 0.717) is 24.3 Å². The predicted octanol–water partition coefficient (Wildman–Crippen LogP) is 3.15. The van der Waals surface area contributed by atoms with E-state index in [4.69, 9.17) is 16.3 Å². The van der Waals surface area contributed by atoms with Crippen molar-refractivity contribution in [2.45, 2.75) is 26.4 Å². The molecule has 0 aliphatic carbocycles. The summed E-state index contributed by atoms with van der Waals surface area (Å²) in [5, 5.41) is 0.745. The first-order valence-corrected chi connectivity index (χ1v) is 10.8. The molecule has 3 rings (SSSR count). The van der Waals surface area contributed by atoms with Gasteiger partial charge < -0.3 is 9.64 Å². The lowest BCUT2D eigenvalue weighted by atomic mass is 9.92. The highest BCUT2D eigenvalue weighted by Gasteiger charge is 2.28. The van der Waals surface area contributed by atoms with E-state index in [1.807, 2.05) is 24.3 Å². The monoisotopic (exact) mass is 407 g/mol. The van der Waals surface area contributed by atoms with E-state index in [1.54, 1.807) is 7.11 Å². The minimum absolute atomic E-state index is 0.0433. The molecule has 2 aliphatic heterocycles. The zero-order valence-electron chi connectivity index (χ0n) is 17.4. The molecule has 1 amide bonds. The van der Waals surface area contributed by atoms with Crippen molar-refractivity contribution in [1.82, 2.24) is 14.7 Å². The normalized spacial score (nSPS) is 25.6. The summed E-state index contributed by atoms with van der Waals surface area (Å²) in [5.74, 6) is 1.52. The van der Waals surface area contributed by atoms with Crippen molar-refractivity contribution in [3.05, 3.63) is 34.9 Å². The van der Waals surface area contributed by atoms with Crippen LogP contribution in [0.5, 0.6) is 0 Å². The van der Waals surface area contributed by atoms with Crippen LogP contribution in [-0.2, 0) is 9.53 Å². The first kappa shape index (κ1) is 21.6. The van der Waals surface area contributed by atoms with Crippen molar-refractivity contribution in [2.24, 2.45) is 11.8 Å². The van der Waals surface area contributed by atoms with Crippen molar-refractivity contribution in [3.63, 3.8) is 0 Å². The van der Waals surface area contributed by atoms with Gasteiger partial charge in [-0.25, -0.2) is 0 Å². The van der Waals surface area contributed by atoms with Gasteiger partial charge in [0.2, 0.25) is 5.91 Å². The largest absolute Gasteiger partial charge is 0.375 e. The number of halogens is 1. The summed E-state index contributed by atoms with van der Waals surface area (Å²) in [6.45, 7) is 11.5. The number of piperazine rings is 1. The molecule has 0 bridgehead atoms. The van der Waals surface area contributed by atoms with Crippen molar-refractivity contribution < 1.29 is 9.53 Å². The van der Waals surface area contributed by atoms with Gasteiger partial charge in [-0.2, -0.15) is 0 Å². The fourth-order valence-corrected chi connectivity index (χ4v) is 4.64. The predicted molar refractivity (Wildman–Crippen MR) is 114 cm³/mol. The van der Waals surface area contributed by atoms with Gasteiger partial charge in [-0.15, -0.1) is 0 Å². The van der Waals surface area contributed by atoms with Gasteiger partial charge >= 0.3 is 0 Å². The Balaban J connectivity index is 1.45. The number of methoxy groups -OCH3 is 1. The molecule has 2 fully saturated rings. The van der Waals surface area contributed by atoms with Crippen LogP contribution in [0.2, 0.25) is 5.02 Å². The molecule has 0 spiro atoms. The fraction of sp³-hybridized carbons (Fsp3) is 0.682. The Morgan fingerprint density at radius 3 is 2.21 bits per heavy atom. The van der Waals surface area contributed by atoms with Crippen LogP contribution in [0.1, 0.15) is 31.9 Å². The average Bonchev–Trinajstić information content (AvgIpc) is 2.67. The maximum atomic E-state index is 12.7. The van der Waals surface area contributed by atoms with Crippen LogP contribution >= 0.6 is 11.6 Å². The van der Waals surface area contributed by atoms with E-state index in [1.165, 1.54) is 6.42 Å². The molecule has 0 unspecified atom stereocenters. The third-order valence-electron chi connectivity index (χ3n) is 6.00. The van der Waals surface area contributed by atoms with E-state index in [2.05, 4.69) is 28.5 Å². The lowest BCUT2D eigenvalue weighted by Crippen LogP contribution is -2.52. The van der Waals surface area contributed by atoms with Gasteiger partial charge in [-0.05, 0) is 36.0 Å². The van der Waals surface area contributed by atoms with E-state index in [-0.39, 0.29) is 6.10 Å². The molecule has 0 radical (unpaired) electrons. The summed E-state index contributed by atoms with van der Waals surface area (Å²) in [4.78, 5) is 19.5. The molecule has 2 aliphatic rings. The maximum absolute atomic E-state index is 12.7. The topological polar surface area (TPSA) is 36.0 Å². The maximum Gasteiger partial charge on any atom is 0.236 e. The van der Waals surface area contributed by atoms with Crippen LogP contribution in [0.15, 0.2) is 24.3 Å². The molecule has 6 heteroatoms. The fourth-order valence-electron chi connectivity index (χ4n) is 4.52. The molecule has 156 valence electrons. The van der Waals surface area contributed by atoms with E-state index < -0.39 is 0 Å². The van der Waals surface area contributed by atoms with Crippen molar-refractivity contribution in [1.29, 1.82) is 0 Å².